The zero-order valence-corrected chi connectivity index (χ0v) is 12.1. The standard InChI is InChI=1S/C17H21N3/c1-12-5-3-4-6-17(12)14-7-15(8-14)20-11-16-10-18-13(2)9-19-16/h3-6,9-10,14-15,20H,7-8,11H2,1-2H3. The monoisotopic (exact) mass is 267 g/mol. The van der Waals surface area contributed by atoms with E-state index in [2.05, 4.69) is 46.5 Å². The number of nitrogens with one attached hydrogen (secondary N) is 1. The van der Waals surface area contributed by atoms with E-state index in [9.17, 15) is 0 Å². The highest BCUT2D eigenvalue weighted by Crippen LogP contribution is 2.38. The summed E-state index contributed by atoms with van der Waals surface area (Å²) < 4.78 is 0. The Morgan fingerprint density at radius 1 is 1.10 bits per heavy atom. The van der Waals surface area contributed by atoms with E-state index >= 15 is 0 Å². The van der Waals surface area contributed by atoms with Gasteiger partial charge in [-0.25, -0.2) is 0 Å². The van der Waals surface area contributed by atoms with E-state index in [4.69, 9.17) is 0 Å². The van der Waals surface area contributed by atoms with E-state index in [-0.39, 0.29) is 0 Å². The number of hydrogen-bond acceptors (Lipinski definition) is 3. The Bertz CT molecular complexity index is 571. The molecule has 0 spiro atoms. The number of hydrogen-bond donors (Lipinski definition) is 1. The van der Waals surface area contributed by atoms with Crippen molar-refractivity contribution < 1.29 is 0 Å². The van der Waals surface area contributed by atoms with Crippen LogP contribution in [0.1, 0.15) is 41.3 Å². The Morgan fingerprint density at radius 3 is 2.60 bits per heavy atom. The molecule has 3 nitrogen and oxygen atoms in total. The van der Waals surface area contributed by atoms with Crippen LogP contribution in [0, 0.1) is 13.8 Å². The van der Waals surface area contributed by atoms with Gasteiger partial charge in [0, 0.05) is 25.0 Å². The zero-order chi connectivity index (χ0) is 13.9. The van der Waals surface area contributed by atoms with Crippen molar-refractivity contribution in [2.75, 3.05) is 0 Å². The lowest BCUT2D eigenvalue weighted by molar-refractivity contribution is 0.288. The molecule has 1 N–H and O–H groups in total. The van der Waals surface area contributed by atoms with Crippen LogP contribution < -0.4 is 5.32 Å². The minimum absolute atomic E-state index is 0.614. The Balaban J connectivity index is 1.49. The summed E-state index contributed by atoms with van der Waals surface area (Å²) in [5, 5.41) is 3.57. The fourth-order valence-corrected chi connectivity index (χ4v) is 2.84. The van der Waals surface area contributed by atoms with Crippen LogP contribution in [0.5, 0.6) is 0 Å². The highest BCUT2D eigenvalue weighted by Gasteiger charge is 2.30. The molecule has 0 atom stereocenters. The molecule has 1 heterocycles. The first-order valence-corrected chi connectivity index (χ1v) is 7.29. The second-order valence-electron chi connectivity index (χ2n) is 5.75. The molecule has 0 radical (unpaired) electrons. The normalized spacial score (nSPS) is 21.5. The lowest BCUT2D eigenvalue weighted by atomic mass is 9.74. The Hall–Kier alpha value is -1.74. The van der Waals surface area contributed by atoms with Crippen LogP contribution in [-0.4, -0.2) is 16.0 Å². The molecule has 1 aliphatic rings. The van der Waals surface area contributed by atoms with Crippen molar-refractivity contribution >= 4 is 0 Å². The molecule has 20 heavy (non-hydrogen) atoms. The maximum absolute atomic E-state index is 4.37. The largest absolute Gasteiger partial charge is 0.308 e. The molecule has 3 heteroatoms. The second kappa shape index (κ2) is 5.71. The zero-order valence-electron chi connectivity index (χ0n) is 12.1. The van der Waals surface area contributed by atoms with Gasteiger partial charge in [0.2, 0.25) is 0 Å². The van der Waals surface area contributed by atoms with Crippen molar-refractivity contribution in [1.29, 1.82) is 0 Å². The summed E-state index contributed by atoms with van der Waals surface area (Å²) in [6.45, 7) is 4.99. The van der Waals surface area contributed by atoms with E-state index in [1.54, 1.807) is 0 Å². The van der Waals surface area contributed by atoms with Crippen molar-refractivity contribution in [3.05, 3.63) is 59.2 Å². The molecule has 104 valence electrons. The molecular formula is C17H21N3. The number of nitrogens with zero attached hydrogens (tertiary/aromatic N) is 2. The van der Waals surface area contributed by atoms with Gasteiger partial charge >= 0.3 is 0 Å². The fourth-order valence-electron chi connectivity index (χ4n) is 2.84. The van der Waals surface area contributed by atoms with Gasteiger partial charge in [-0.2, -0.15) is 0 Å². The summed E-state index contributed by atoms with van der Waals surface area (Å²) in [6.07, 6.45) is 6.14. The van der Waals surface area contributed by atoms with Crippen molar-refractivity contribution in [1.82, 2.24) is 15.3 Å². The minimum atomic E-state index is 0.614. The van der Waals surface area contributed by atoms with Crippen molar-refractivity contribution in [3.63, 3.8) is 0 Å². The predicted molar refractivity (Wildman–Crippen MR) is 80.6 cm³/mol. The molecular weight excluding hydrogens is 246 g/mol. The van der Waals surface area contributed by atoms with Crippen LogP contribution in [-0.2, 0) is 6.54 Å². The van der Waals surface area contributed by atoms with E-state index in [1.807, 2.05) is 19.3 Å². The molecule has 1 aromatic heterocycles. The van der Waals surface area contributed by atoms with Gasteiger partial charge in [-0.1, -0.05) is 24.3 Å². The summed E-state index contributed by atoms with van der Waals surface area (Å²) in [5.74, 6) is 0.720. The molecule has 2 aromatic rings. The average molecular weight is 267 g/mol. The molecule has 0 amide bonds. The van der Waals surface area contributed by atoms with E-state index in [0.29, 0.717) is 6.04 Å². The van der Waals surface area contributed by atoms with Crippen LogP contribution in [0.4, 0.5) is 0 Å². The highest BCUT2D eigenvalue weighted by atomic mass is 15.0. The Kier molecular flexibility index (Phi) is 3.79. The van der Waals surface area contributed by atoms with Gasteiger partial charge in [0.1, 0.15) is 0 Å². The Morgan fingerprint density at radius 2 is 1.90 bits per heavy atom. The van der Waals surface area contributed by atoms with E-state index in [1.165, 1.54) is 24.0 Å². The summed E-state index contributed by atoms with van der Waals surface area (Å²) in [4.78, 5) is 8.65. The topological polar surface area (TPSA) is 37.8 Å². The predicted octanol–water partition coefficient (Wildman–Crippen LogP) is 3.13. The maximum Gasteiger partial charge on any atom is 0.0724 e. The minimum Gasteiger partial charge on any atom is -0.308 e. The molecule has 0 saturated heterocycles. The lowest BCUT2D eigenvalue weighted by Crippen LogP contribution is -2.40. The first-order chi connectivity index (χ1) is 9.72. The van der Waals surface area contributed by atoms with Crippen LogP contribution in [0.3, 0.4) is 0 Å². The number of rotatable bonds is 4. The van der Waals surface area contributed by atoms with E-state index < -0.39 is 0 Å². The van der Waals surface area contributed by atoms with Crippen molar-refractivity contribution in [2.24, 2.45) is 0 Å². The lowest BCUT2D eigenvalue weighted by Gasteiger charge is -2.37. The molecule has 1 saturated carbocycles. The molecule has 1 aromatic carbocycles. The van der Waals surface area contributed by atoms with Crippen LogP contribution >= 0.6 is 0 Å². The number of aryl methyl sites for hydroxylation is 2. The van der Waals surface area contributed by atoms with Crippen LogP contribution in [0.25, 0.3) is 0 Å². The second-order valence-corrected chi connectivity index (χ2v) is 5.75. The Labute approximate surface area is 120 Å². The van der Waals surface area contributed by atoms with Crippen LogP contribution in [0.15, 0.2) is 36.7 Å². The van der Waals surface area contributed by atoms with Crippen LogP contribution in [0.2, 0.25) is 0 Å². The highest BCUT2D eigenvalue weighted by molar-refractivity contribution is 5.31. The summed E-state index contributed by atoms with van der Waals surface area (Å²) in [6, 6.07) is 9.34. The molecule has 0 bridgehead atoms. The molecule has 3 rings (SSSR count). The summed E-state index contributed by atoms with van der Waals surface area (Å²) in [7, 11) is 0. The third-order valence-corrected chi connectivity index (χ3v) is 4.17. The first-order valence-electron chi connectivity index (χ1n) is 7.29. The van der Waals surface area contributed by atoms with E-state index in [0.717, 1.165) is 23.9 Å². The number of aromatic nitrogens is 2. The van der Waals surface area contributed by atoms with Gasteiger partial charge in [0.15, 0.2) is 0 Å². The average Bonchev–Trinajstić information content (AvgIpc) is 2.41. The summed E-state index contributed by atoms with van der Waals surface area (Å²) >= 11 is 0. The summed E-state index contributed by atoms with van der Waals surface area (Å²) in [5.41, 5.74) is 4.92. The smallest absolute Gasteiger partial charge is 0.0724 e. The molecule has 1 fully saturated rings. The van der Waals surface area contributed by atoms with Crippen molar-refractivity contribution in [3.8, 4) is 0 Å². The molecule has 0 aliphatic heterocycles. The van der Waals surface area contributed by atoms with Crippen molar-refractivity contribution in [2.45, 2.75) is 45.2 Å². The SMILES string of the molecule is Cc1cnc(CNC2CC(c3ccccc3C)C2)cn1. The molecule has 1 aliphatic carbocycles. The maximum atomic E-state index is 4.37. The first kappa shape index (κ1) is 13.3. The molecule has 0 unspecified atom stereocenters. The van der Waals surface area contributed by atoms with Gasteiger partial charge < -0.3 is 5.32 Å². The third kappa shape index (κ3) is 2.88. The van der Waals surface area contributed by atoms with Gasteiger partial charge in [-0.15, -0.1) is 0 Å². The fraction of sp³-hybridized carbons (Fsp3) is 0.412. The van der Waals surface area contributed by atoms with Gasteiger partial charge in [0.05, 0.1) is 11.4 Å². The third-order valence-electron chi connectivity index (χ3n) is 4.17. The van der Waals surface area contributed by atoms with Gasteiger partial charge in [-0.3, -0.25) is 9.97 Å². The number of benzene rings is 1. The van der Waals surface area contributed by atoms with Gasteiger partial charge in [-0.05, 0) is 43.7 Å². The van der Waals surface area contributed by atoms with Gasteiger partial charge in [0.25, 0.3) is 0 Å². The quantitative estimate of drug-likeness (QED) is 0.925.